The van der Waals surface area contributed by atoms with Crippen LogP contribution < -0.4 is 0 Å². The van der Waals surface area contributed by atoms with E-state index in [-0.39, 0.29) is 11.9 Å². The molecule has 1 aromatic rings. The summed E-state index contributed by atoms with van der Waals surface area (Å²) in [6.07, 6.45) is 3.72. The minimum absolute atomic E-state index is 0.00231. The fourth-order valence-electron chi connectivity index (χ4n) is 2.41. The Morgan fingerprint density at radius 3 is 2.94 bits per heavy atom. The van der Waals surface area contributed by atoms with Crippen LogP contribution in [0.25, 0.3) is 0 Å². The first-order valence-electron chi connectivity index (χ1n) is 6.01. The van der Waals surface area contributed by atoms with Gasteiger partial charge in [0.25, 0.3) is 5.91 Å². The number of piperidine rings is 1. The lowest BCUT2D eigenvalue weighted by molar-refractivity contribution is 0.0588. The number of hydrogen-bond acceptors (Lipinski definition) is 2. The van der Waals surface area contributed by atoms with Crippen molar-refractivity contribution >= 4 is 17.5 Å². The molecule has 3 nitrogen and oxygen atoms in total. The molecular formula is C13H17ClN2O. The summed E-state index contributed by atoms with van der Waals surface area (Å²) in [5.41, 5.74) is 0.510. The molecule has 0 saturated carbocycles. The maximum atomic E-state index is 12.3. The molecular weight excluding hydrogens is 236 g/mol. The number of hydrogen-bond donors (Lipinski definition) is 0. The van der Waals surface area contributed by atoms with Crippen molar-refractivity contribution in [2.45, 2.75) is 32.7 Å². The van der Waals surface area contributed by atoms with E-state index in [1.807, 2.05) is 4.90 Å². The molecule has 0 N–H and O–H groups in total. The van der Waals surface area contributed by atoms with Gasteiger partial charge in [-0.3, -0.25) is 4.79 Å². The lowest BCUT2D eigenvalue weighted by atomic mass is 9.93. The lowest BCUT2D eigenvalue weighted by Gasteiger charge is -2.36. The zero-order chi connectivity index (χ0) is 12.4. The highest BCUT2D eigenvalue weighted by atomic mass is 35.5. The zero-order valence-corrected chi connectivity index (χ0v) is 10.9. The van der Waals surface area contributed by atoms with Crippen LogP contribution in [0.15, 0.2) is 18.3 Å². The van der Waals surface area contributed by atoms with Crippen LogP contribution in [0.4, 0.5) is 0 Å². The Hall–Kier alpha value is -1.09. The zero-order valence-electron chi connectivity index (χ0n) is 10.2. The topological polar surface area (TPSA) is 33.2 Å². The number of rotatable bonds is 1. The van der Waals surface area contributed by atoms with Crippen LogP contribution in [-0.2, 0) is 0 Å². The predicted octanol–water partition coefficient (Wildman–Crippen LogP) is 3.00. The first kappa shape index (κ1) is 12.4. The molecule has 2 atom stereocenters. The average molecular weight is 253 g/mol. The summed E-state index contributed by atoms with van der Waals surface area (Å²) in [6, 6.07) is 3.77. The number of halogens is 1. The SMILES string of the molecule is CC1CCN(C(=O)c2cccnc2Cl)C(C)C1. The van der Waals surface area contributed by atoms with E-state index in [9.17, 15) is 4.79 Å². The van der Waals surface area contributed by atoms with Gasteiger partial charge in [-0.15, -0.1) is 0 Å². The summed E-state index contributed by atoms with van der Waals surface area (Å²) in [6.45, 7) is 5.14. The molecule has 1 saturated heterocycles. The molecule has 1 aliphatic heterocycles. The van der Waals surface area contributed by atoms with Gasteiger partial charge in [0.05, 0.1) is 5.56 Å². The quantitative estimate of drug-likeness (QED) is 0.720. The molecule has 0 aromatic carbocycles. The second-order valence-electron chi connectivity index (χ2n) is 4.82. The number of likely N-dealkylation sites (tertiary alicyclic amines) is 1. The second kappa shape index (κ2) is 5.05. The molecule has 92 valence electrons. The van der Waals surface area contributed by atoms with Gasteiger partial charge < -0.3 is 4.90 Å². The molecule has 4 heteroatoms. The molecule has 0 bridgehead atoms. The molecule has 17 heavy (non-hydrogen) atoms. The number of pyridine rings is 1. The smallest absolute Gasteiger partial charge is 0.257 e. The molecule has 2 unspecified atom stereocenters. The minimum atomic E-state index is 0.00231. The summed E-state index contributed by atoms with van der Waals surface area (Å²) in [4.78, 5) is 18.2. The van der Waals surface area contributed by atoms with Gasteiger partial charge in [-0.1, -0.05) is 18.5 Å². The third-order valence-corrected chi connectivity index (χ3v) is 3.69. The largest absolute Gasteiger partial charge is 0.336 e. The van der Waals surface area contributed by atoms with Gasteiger partial charge >= 0.3 is 0 Å². The molecule has 1 fully saturated rings. The van der Waals surface area contributed by atoms with E-state index in [1.165, 1.54) is 0 Å². The summed E-state index contributed by atoms with van der Waals surface area (Å²) in [7, 11) is 0. The first-order chi connectivity index (χ1) is 8.09. The molecule has 0 spiro atoms. The first-order valence-corrected chi connectivity index (χ1v) is 6.39. The van der Waals surface area contributed by atoms with E-state index >= 15 is 0 Å². The van der Waals surface area contributed by atoms with E-state index in [0.29, 0.717) is 16.6 Å². The van der Waals surface area contributed by atoms with Crippen LogP contribution in [0.1, 0.15) is 37.0 Å². The van der Waals surface area contributed by atoms with E-state index in [1.54, 1.807) is 18.3 Å². The maximum Gasteiger partial charge on any atom is 0.257 e. The van der Waals surface area contributed by atoms with Crippen molar-refractivity contribution in [3.05, 3.63) is 29.0 Å². The van der Waals surface area contributed by atoms with E-state index in [4.69, 9.17) is 11.6 Å². The van der Waals surface area contributed by atoms with Crippen LogP contribution in [0, 0.1) is 5.92 Å². The van der Waals surface area contributed by atoms with Gasteiger partial charge in [0.2, 0.25) is 0 Å². The highest BCUT2D eigenvalue weighted by Crippen LogP contribution is 2.25. The van der Waals surface area contributed by atoms with Crippen LogP contribution in [0.2, 0.25) is 5.15 Å². The summed E-state index contributed by atoms with van der Waals surface area (Å²) in [5.74, 6) is 0.695. The van der Waals surface area contributed by atoms with Gasteiger partial charge in [0, 0.05) is 18.8 Å². The van der Waals surface area contributed by atoms with Gasteiger partial charge in [0.15, 0.2) is 0 Å². The van der Waals surface area contributed by atoms with Crippen molar-refractivity contribution in [2.24, 2.45) is 5.92 Å². The van der Waals surface area contributed by atoms with E-state index in [0.717, 1.165) is 19.4 Å². The summed E-state index contributed by atoms with van der Waals surface area (Å²) in [5, 5.41) is 0.295. The van der Waals surface area contributed by atoms with E-state index in [2.05, 4.69) is 18.8 Å². The Bertz CT molecular complexity index is 422. The van der Waals surface area contributed by atoms with Crippen LogP contribution in [0.5, 0.6) is 0 Å². The van der Waals surface area contributed by atoms with Gasteiger partial charge in [-0.05, 0) is 37.8 Å². The predicted molar refractivity (Wildman–Crippen MR) is 68.1 cm³/mol. The normalized spacial score (nSPS) is 24.8. The highest BCUT2D eigenvalue weighted by Gasteiger charge is 2.28. The molecule has 0 aliphatic carbocycles. The van der Waals surface area contributed by atoms with Crippen molar-refractivity contribution in [1.29, 1.82) is 0 Å². The van der Waals surface area contributed by atoms with E-state index < -0.39 is 0 Å². The third-order valence-electron chi connectivity index (χ3n) is 3.39. The molecule has 0 radical (unpaired) electrons. The maximum absolute atomic E-state index is 12.3. The van der Waals surface area contributed by atoms with Crippen molar-refractivity contribution in [1.82, 2.24) is 9.88 Å². The number of nitrogens with zero attached hydrogens (tertiary/aromatic N) is 2. The van der Waals surface area contributed by atoms with Crippen LogP contribution in [-0.4, -0.2) is 28.4 Å². The molecule has 1 amide bonds. The monoisotopic (exact) mass is 252 g/mol. The van der Waals surface area contributed by atoms with Crippen molar-refractivity contribution < 1.29 is 4.79 Å². The van der Waals surface area contributed by atoms with Crippen molar-refractivity contribution in [2.75, 3.05) is 6.54 Å². The molecule has 1 aromatic heterocycles. The van der Waals surface area contributed by atoms with Gasteiger partial charge in [-0.2, -0.15) is 0 Å². The Balaban J connectivity index is 2.18. The average Bonchev–Trinajstić information content (AvgIpc) is 2.29. The number of carbonyl (C=O) groups excluding carboxylic acids is 1. The highest BCUT2D eigenvalue weighted by molar-refractivity contribution is 6.32. The Morgan fingerprint density at radius 2 is 2.29 bits per heavy atom. The number of carbonyl (C=O) groups is 1. The standard InChI is InChI=1S/C13H17ClN2O/c1-9-5-7-16(10(2)8-9)13(17)11-4-3-6-15-12(11)14/h3-4,6,9-10H,5,7-8H2,1-2H3. The summed E-state index contributed by atoms with van der Waals surface area (Å²) >= 11 is 5.96. The fraction of sp³-hybridized carbons (Fsp3) is 0.538. The molecule has 2 rings (SSSR count). The Kier molecular flexibility index (Phi) is 3.67. The van der Waals surface area contributed by atoms with Crippen molar-refractivity contribution in [3.8, 4) is 0 Å². The Labute approximate surface area is 107 Å². The third kappa shape index (κ3) is 2.60. The van der Waals surface area contributed by atoms with Gasteiger partial charge in [0.1, 0.15) is 5.15 Å². The van der Waals surface area contributed by atoms with Crippen LogP contribution in [0.3, 0.4) is 0 Å². The minimum Gasteiger partial charge on any atom is -0.336 e. The fourth-order valence-corrected chi connectivity index (χ4v) is 2.61. The Morgan fingerprint density at radius 1 is 1.53 bits per heavy atom. The van der Waals surface area contributed by atoms with Gasteiger partial charge in [-0.25, -0.2) is 4.98 Å². The second-order valence-corrected chi connectivity index (χ2v) is 5.18. The molecule has 2 heterocycles. The number of amides is 1. The van der Waals surface area contributed by atoms with Crippen molar-refractivity contribution in [3.63, 3.8) is 0 Å². The van der Waals surface area contributed by atoms with Crippen LogP contribution >= 0.6 is 11.6 Å². The lowest BCUT2D eigenvalue weighted by Crippen LogP contribution is -2.44. The number of aromatic nitrogens is 1. The summed E-state index contributed by atoms with van der Waals surface area (Å²) < 4.78 is 0. The molecule has 1 aliphatic rings.